The van der Waals surface area contributed by atoms with Crippen molar-refractivity contribution in [3.63, 3.8) is 0 Å². The van der Waals surface area contributed by atoms with Crippen LogP contribution in [0.1, 0.15) is 47.2 Å². The lowest BCUT2D eigenvalue weighted by atomic mass is 9.80. The van der Waals surface area contributed by atoms with Crippen molar-refractivity contribution in [3.05, 3.63) is 59.2 Å². The molecule has 2 aromatic carbocycles. The van der Waals surface area contributed by atoms with Crippen molar-refractivity contribution in [3.8, 4) is 0 Å². The molecule has 1 aliphatic heterocycles. The molecule has 1 aliphatic carbocycles. The van der Waals surface area contributed by atoms with E-state index in [1.165, 1.54) is 13.2 Å². The number of Topliss-reactive ketones (excluding diaryl/α,β-unsaturated/α-hetero) is 2. The van der Waals surface area contributed by atoms with Gasteiger partial charge in [-0.05, 0) is 49.6 Å². The van der Waals surface area contributed by atoms with Gasteiger partial charge < -0.3 is 4.84 Å². The molecule has 0 saturated heterocycles. The van der Waals surface area contributed by atoms with E-state index in [1.807, 2.05) is 30.3 Å². The Morgan fingerprint density at radius 2 is 1.88 bits per heavy atom. The first kappa shape index (κ1) is 22.7. The van der Waals surface area contributed by atoms with Crippen LogP contribution in [0, 0.1) is 12.8 Å². The van der Waals surface area contributed by atoms with Crippen molar-refractivity contribution < 1.29 is 22.8 Å². The van der Waals surface area contributed by atoms with Gasteiger partial charge in [-0.3, -0.25) is 9.59 Å². The van der Waals surface area contributed by atoms with E-state index in [1.54, 1.807) is 24.8 Å². The number of benzene rings is 2. The highest BCUT2D eigenvalue weighted by atomic mass is 32.2. The molecular weight excluding hydrogens is 446 g/mol. The van der Waals surface area contributed by atoms with E-state index in [2.05, 4.69) is 5.16 Å². The summed E-state index contributed by atoms with van der Waals surface area (Å²) in [5.74, 6) is -1.10. The zero-order chi connectivity index (χ0) is 22.9. The highest BCUT2D eigenvalue weighted by molar-refractivity contribution is 8.00. The molecule has 0 aromatic heterocycles. The fraction of sp³-hybridized carbons (Fsp3) is 0.375. The molecule has 0 spiro atoms. The molecule has 2 atom stereocenters. The number of carbonyl (C=O) groups is 2. The minimum Gasteiger partial charge on any atom is -0.399 e. The number of hydrogen-bond donors (Lipinski definition) is 0. The van der Waals surface area contributed by atoms with Crippen molar-refractivity contribution in [2.45, 2.75) is 47.6 Å². The molecule has 0 radical (unpaired) electrons. The largest absolute Gasteiger partial charge is 0.399 e. The Morgan fingerprint density at radius 1 is 1.12 bits per heavy atom. The topological polar surface area (TPSA) is 89.9 Å². The van der Waals surface area contributed by atoms with Crippen LogP contribution in [-0.4, -0.2) is 43.8 Å². The van der Waals surface area contributed by atoms with Gasteiger partial charge in [0.05, 0.1) is 22.3 Å². The maximum absolute atomic E-state index is 13.7. The van der Waals surface area contributed by atoms with Crippen LogP contribution in [0.4, 0.5) is 0 Å². The summed E-state index contributed by atoms with van der Waals surface area (Å²) in [6, 6.07) is 12.8. The van der Waals surface area contributed by atoms with Crippen LogP contribution in [0.2, 0.25) is 0 Å². The monoisotopic (exact) mass is 471 g/mol. The minimum absolute atomic E-state index is 0.0498. The number of nitrogens with zero attached hydrogens (tertiary/aromatic N) is 1. The summed E-state index contributed by atoms with van der Waals surface area (Å²) in [7, 11) is -2.06. The van der Waals surface area contributed by atoms with Crippen molar-refractivity contribution in [2.75, 3.05) is 12.9 Å². The Hall–Kier alpha value is -2.45. The molecule has 1 heterocycles. The molecular formula is C24H25NO5S2. The highest BCUT2D eigenvalue weighted by Gasteiger charge is 2.40. The quantitative estimate of drug-likeness (QED) is 0.368. The summed E-state index contributed by atoms with van der Waals surface area (Å²) >= 11 is 1.56. The fourth-order valence-electron chi connectivity index (χ4n) is 4.53. The number of carbonyl (C=O) groups excluding carboxylic acids is 2. The molecule has 0 amide bonds. The van der Waals surface area contributed by atoms with Gasteiger partial charge in [0.15, 0.2) is 15.6 Å². The van der Waals surface area contributed by atoms with Gasteiger partial charge in [-0.1, -0.05) is 23.4 Å². The molecule has 1 saturated carbocycles. The van der Waals surface area contributed by atoms with Gasteiger partial charge >= 0.3 is 0 Å². The van der Waals surface area contributed by atoms with Crippen molar-refractivity contribution in [2.24, 2.45) is 11.1 Å². The maximum atomic E-state index is 13.7. The van der Waals surface area contributed by atoms with Crippen LogP contribution in [0.25, 0.3) is 0 Å². The fourth-order valence-corrected chi connectivity index (χ4v) is 7.43. The van der Waals surface area contributed by atoms with Gasteiger partial charge in [0.2, 0.25) is 0 Å². The Labute approximate surface area is 192 Å². The second kappa shape index (κ2) is 9.19. The zero-order valence-electron chi connectivity index (χ0n) is 18.0. The van der Waals surface area contributed by atoms with Crippen molar-refractivity contribution in [1.29, 1.82) is 0 Å². The SMILES string of the molecule is CON=C1CCS(=O)(=O)c2ccc(C(=O)C3C(=O)CCCC3Sc3ccccc3)c(C)c21. The molecule has 8 heteroatoms. The van der Waals surface area contributed by atoms with Crippen molar-refractivity contribution in [1.82, 2.24) is 0 Å². The van der Waals surface area contributed by atoms with E-state index in [9.17, 15) is 18.0 Å². The molecule has 4 rings (SSSR count). The molecule has 32 heavy (non-hydrogen) atoms. The molecule has 2 unspecified atom stereocenters. The summed E-state index contributed by atoms with van der Waals surface area (Å²) in [6.45, 7) is 1.73. The Morgan fingerprint density at radius 3 is 2.59 bits per heavy atom. The lowest BCUT2D eigenvalue weighted by Gasteiger charge is -2.30. The Kier molecular flexibility index (Phi) is 6.53. The third kappa shape index (κ3) is 4.26. The lowest BCUT2D eigenvalue weighted by Crippen LogP contribution is -2.37. The molecule has 0 N–H and O–H groups in total. The number of sulfone groups is 1. The first-order chi connectivity index (χ1) is 15.3. The van der Waals surface area contributed by atoms with Gasteiger partial charge in [-0.25, -0.2) is 8.42 Å². The molecule has 2 aliphatic rings. The van der Waals surface area contributed by atoms with Gasteiger partial charge in [0.1, 0.15) is 12.9 Å². The lowest BCUT2D eigenvalue weighted by molar-refractivity contribution is -0.122. The van der Waals surface area contributed by atoms with E-state index >= 15 is 0 Å². The van der Waals surface area contributed by atoms with E-state index in [0.717, 1.165) is 17.7 Å². The van der Waals surface area contributed by atoms with E-state index in [4.69, 9.17) is 4.84 Å². The Balaban J connectivity index is 1.75. The summed E-state index contributed by atoms with van der Waals surface area (Å²) in [6.07, 6.45) is 2.14. The normalized spacial score (nSPS) is 23.6. The predicted molar refractivity (Wildman–Crippen MR) is 124 cm³/mol. The number of thioether (sulfide) groups is 1. The number of hydrogen-bond acceptors (Lipinski definition) is 7. The predicted octanol–water partition coefficient (Wildman–Crippen LogP) is 4.24. The van der Waals surface area contributed by atoms with Gasteiger partial charge in [-0.2, -0.15) is 0 Å². The van der Waals surface area contributed by atoms with E-state index < -0.39 is 15.8 Å². The first-order valence-corrected chi connectivity index (χ1v) is 13.1. The smallest absolute Gasteiger partial charge is 0.179 e. The standard InChI is InChI=1S/C24H25NO5S2/c1-15-17(11-12-21-22(15)18(25-30-2)13-14-32(21,28)29)24(27)23-19(26)9-6-10-20(23)31-16-7-4-3-5-8-16/h3-5,7-8,11-12,20,23H,6,9-10,13-14H2,1-2H3. The van der Waals surface area contributed by atoms with Crippen LogP contribution >= 0.6 is 11.8 Å². The van der Waals surface area contributed by atoms with Crippen molar-refractivity contribution >= 4 is 38.9 Å². The second-order valence-corrected chi connectivity index (χ2v) is 11.5. The first-order valence-electron chi connectivity index (χ1n) is 10.6. The summed E-state index contributed by atoms with van der Waals surface area (Å²) < 4.78 is 25.3. The highest BCUT2D eigenvalue weighted by Crippen LogP contribution is 2.39. The van der Waals surface area contributed by atoms with Crippen LogP contribution in [0.15, 0.2) is 57.4 Å². The number of ketones is 2. The van der Waals surface area contributed by atoms with E-state index in [-0.39, 0.29) is 33.9 Å². The molecule has 1 fully saturated rings. The number of oxime groups is 1. The number of rotatable bonds is 5. The second-order valence-electron chi connectivity index (χ2n) is 8.07. The molecule has 168 valence electrons. The van der Waals surface area contributed by atoms with Gasteiger partial charge in [0, 0.05) is 34.1 Å². The Bertz CT molecular complexity index is 1190. The van der Waals surface area contributed by atoms with Crippen LogP contribution in [0.3, 0.4) is 0 Å². The average Bonchev–Trinajstić information content (AvgIpc) is 2.76. The minimum atomic E-state index is -3.46. The molecule has 6 nitrogen and oxygen atoms in total. The number of fused-ring (bicyclic) bond motifs is 1. The van der Waals surface area contributed by atoms with Gasteiger partial charge in [-0.15, -0.1) is 11.8 Å². The summed E-state index contributed by atoms with van der Waals surface area (Å²) in [4.78, 5) is 32.7. The molecule has 0 bridgehead atoms. The van der Waals surface area contributed by atoms with E-state index in [0.29, 0.717) is 28.8 Å². The zero-order valence-corrected chi connectivity index (χ0v) is 19.7. The molecule has 2 aromatic rings. The van der Waals surface area contributed by atoms with Crippen LogP contribution < -0.4 is 0 Å². The third-order valence-electron chi connectivity index (χ3n) is 6.07. The average molecular weight is 472 g/mol. The summed E-state index contributed by atoms with van der Waals surface area (Å²) in [5.41, 5.74) is 1.85. The van der Waals surface area contributed by atoms with Crippen LogP contribution in [-0.2, 0) is 19.5 Å². The third-order valence-corrected chi connectivity index (χ3v) is 9.18. The summed E-state index contributed by atoms with van der Waals surface area (Å²) in [5, 5.41) is 3.86. The van der Waals surface area contributed by atoms with Gasteiger partial charge in [0.25, 0.3) is 0 Å². The maximum Gasteiger partial charge on any atom is 0.179 e. The van der Waals surface area contributed by atoms with Crippen LogP contribution in [0.5, 0.6) is 0 Å².